The number of aliphatic hydroxyl groups is 1. The zero-order valence-electron chi connectivity index (χ0n) is 9.95. The Bertz CT molecular complexity index is 353. The Balaban J connectivity index is 2.73. The molecule has 16 heavy (non-hydrogen) atoms. The molecule has 90 valence electrons. The Morgan fingerprint density at radius 3 is 2.81 bits per heavy atom. The summed E-state index contributed by atoms with van der Waals surface area (Å²) in [5.41, 5.74) is 5.52. The van der Waals surface area contributed by atoms with E-state index in [0.717, 1.165) is 0 Å². The molecule has 4 N–H and O–H groups in total. The number of anilines is 2. The molecule has 0 aromatic carbocycles. The second kappa shape index (κ2) is 5.03. The van der Waals surface area contributed by atoms with Gasteiger partial charge in [0.2, 0.25) is 5.88 Å². The summed E-state index contributed by atoms with van der Waals surface area (Å²) in [7, 11) is 1.55. The first-order valence-electron chi connectivity index (χ1n) is 5.25. The van der Waals surface area contributed by atoms with E-state index in [1.807, 2.05) is 6.92 Å². The molecule has 1 aromatic heterocycles. The number of aromatic nitrogens is 1. The fraction of sp³-hybridized carbons (Fsp3) is 0.545. The number of methoxy groups -OCH3 is 1. The summed E-state index contributed by atoms with van der Waals surface area (Å²) in [6, 6.07) is 3.41. The lowest BCUT2D eigenvalue weighted by atomic mass is 10.0. The van der Waals surface area contributed by atoms with Gasteiger partial charge < -0.3 is 20.9 Å². The van der Waals surface area contributed by atoms with Crippen molar-refractivity contribution in [3.8, 4) is 5.88 Å². The van der Waals surface area contributed by atoms with Crippen LogP contribution in [0, 0.1) is 0 Å². The van der Waals surface area contributed by atoms with E-state index in [1.165, 1.54) is 0 Å². The van der Waals surface area contributed by atoms with Gasteiger partial charge in [0.05, 0.1) is 18.4 Å². The van der Waals surface area contributed by atoms with E-state index < -0.39 is 5.60 Å². The highest BCUT2D eigenvalue weighted by molar-refractivity contribution is 5.62. The maximum Gasteiger partial charge on any atom is 0.215 e. The Kier molecular flexibility index (Phi) is 3.95. The van der Waals surface area contributed by atoms with Crippen LogP contribution in [0.4, 0.5) is 11.5 Å². The average molecular weight is 225 g/mol. The molecule has 5 nitrogen and oxygen atoms in total. The smallest absolute Gasteiger partial charge is 0.215 e. The quantitative estimate of drug-likeness (QED) is 0.702. The van der Waals surface area contributed by atoms with Gasteiger partial charge in [-0.1, -0.05) is 6.92 Å². The molecule has 0 aliphatic carbocycles. The van der Waals surface area contributed by atoms with Crippen molar-refractivity contribution < 1.29 is 9.84 Å². The van der Waals surface area contributed by atoms with Crippen LogP contribution < -0.4 is 15.8 Å². The zero-order valence-corrected chi connectivity index (χ0v) is 9.95. The van der Waals surface area contributed by atoms with Gasteiger partial charge in [0, 0.05) is 12.6 Å². The molecule has 1 unspecified atom stereocenters. The van der Waals surface area contributed by atoms with Crippen LogP contribution in [0.3, 0.4) is 0 Å². The monoisotopic (exact) mass is 225 g/mol. The number of hydrogen-bond acceptors (Lipinski definition) is 5. The van der Waals surface area contributed by atoms with Gasteiger partial charge in [-0.25, -0.2) is 0 Å². The van der Waals surface area contributed by atoms with Crippen LogP contribution in [0.1, 0.15) is 20.3 Å². The molecule has 1 rings (SSSR count). The first-order valence-corrected chi connectivity index (χ1v) is 5.25. The summed E-state index contributed by atoms with van der Waals surface area (Å²) in [5, 5.41) is 12.9. The molecular formula is C11H19N3O2. The summed E-state index contributed by atoms with van der Waals surface area (Å²) < 4.78 is 5.00. The number of hydrogen-bond donors (Lipinski definition) is 3. The summed E-state index contributed by atoms with van der Waals surface area (Å²) in [4.78, 5) is 4.16. The van der Waals surface area contributed by atoms with Crippen molar-refractivity contribution in [3.05, 3.63) is 12.1 Å². The Labute approximate surface area is 95.6 Å². The van der Waals surface area contributed by atoms with Crippen molar-refractivity contribution in [2.24, 2.45) is 0 Å². The van der Waals surface area contributed by atoms with E-state index in [1.54, 1.807) is 26.2 Å². The van der Waals surface area contributed by atoms with E-state index in [9.17, 15) is 5.11 Å². The number of nitrogens with one attached hydrogen (secondary N) is 1. The summed E-state index contributed by atoms with van der Waals surface area (Å²) in [6.45, 7) is 4.08. The SMILES string of the molecule is CCC(C)(O)CNc1nc(OC)ccc1N. The molecule has 1 atom stereocenters. The number of ether oxygens (including phenoxy) is 1. The topological polar surface area (TPSA) is 80.4 Å². The number of pyridine rings is 1. The largest absolute Gasteiger partial charge is 0.481 e. The number of nitrogens with two attached hydrogens (primary N) is 1. The van der Waals surface area contributed by atoms with Crippen molar-refractivity contribution in [1.29, 1.82) is 0 Å². The lowest BCUT2D eigenvalue weighted by Crippen LogP contribution is -2.32. The third-order valence-electron chi connectivity index (χ3n) is 2.51. The van der Waals surface area contributed by atoms with Crippen molar-refractivity contribution >= 4 is 11.5 Å². The summed E-state index contributed by atoms with van der Waals surface area (Å²) in [5.74, 6) is 1.03. The van der Waals surface area contributed by atoms with E-state index in [4.69, 9.17) is 10.5 Å². The van der Waals surface area contributed by atoms with Crippen molar-refractivity contribution in [3.63, 3.8) is 0 Å². The highest BCUT2D eigenvalue weighted by Gasteiger charge is 2.17. The molecule has 0 saturated carbocycles. The zero-order chi connectivity index (χ0) is 12.2. The molecule has 0 bridgehead atoms. The van der Waals surface area contributed by atoms with Gasteiger partial charge >= 0.3 is 0 Å². The average Bonchev–Trinajstić information content (AvgIpc) is 2.28. The van der Waals surface area contributed by atoms with Gasteiger partial charge in [-0.05, 0) is 19.4 Å². The maximum atomic E-state index is 9.84. The lowest BCUT2D eigenvalue weighted by molar-refractivity contribution is 0.0696. The second-order valence-corrected chi connectivity index (χ2v) is 4.00. The predicted molar refractivity (Wildman–Crippen MR) is 64.6 cm³/mol. The van der Waals surface area contributed by atoms with Crippen LogP contribution in [0.15, 0.2) is 12.1 Å². The van der Waals surface area contributed by atoms with Crippen LogP contribution >= 0.6 is 0 Å². The molecule has 0 saturated heterocycles. The molecule has 1 aromatic rings. The van der Waals surface area contributed by atoms with Gasteiger partial charge in [0.1, 0.15) is 0 Å². The second-order valence-electron chi connectivity index (χ2n) is 4.00. The third-order valence-corrected chi connectivity index (χ3v) is 2.51. The third kappa shape index (κ3) is 3.27. The minimum Gasteiger partial charge on any atom is -0.481 e. The molecule has 0 fully saturated rings. The number of nitrogens with zero attached hydrogens (tertiary/aromatic N) is 1. The molecule has 0 spiro atoms. The first-order chi connectivity index (χ1) is 7.48. The highest BCUT2D eigenvalue weighted by atomic mass is 16.5. The van der Waals surface area contributed by atoms with Gasteiger partial charge in [-0.15, -0.1) is 0 Å². The lowest BCUT2D eigenvalue weighted by Gasteiger charge is -2.22. The van der Waals surface area contributed by atoms with Crippen LogP contribution in [-0.2, 0) is 0 Å². The predicted octanol–water partition coefficient (Wildman–Crippen LogP) is 1.25. The van der Waals surface area contributed by atoms with Crippen LogP contribution in [0.25, 0.3) is 0 Å². The number of nitrogen functional groups attached to an aromatic ring is 1. The standard InChI is InChI=1S/C11H19N3O2/c1-4-11(2,15)7-13-10-8(12)5-6-9(14-10)16-3/h5-6,15H,4,7,12H2,1-3H3,(H,13,14). The van der Waals surface area contributed by atoms with E-state index in [0.29, 0.717) is 30.4 Å². The van der Waals surface area contributed by atoms with Crippen LogP contribution in [0.2, 0.25) is 0 Å². The molecule has 5 heteroatoms. The van der Waals surface area contributed by atoms with Crippen LogP contribution in [-0.4, -0.2) is 29.3 Å². The van der Waals surface area contributed by atoms with Crippen molar-refractivity contribution in [2.75, 3.05) is 24.7 Å². The molecule has 0 amide bonds. The minimum atomic E-state index is -0.767. The maximum absolute atomic E-state index is 9.84. The molecule has 0 aliphatic heterocycles. The summed E-state index contributed by atoms with van der Waals surface area (Å²) in [6.07, 6.45) is 0.657. The molecule has 1 heterocycles. The highest BCUT2D eigenvalue weighted by Crippen LogP contribution is 2.20. The van der Waals surface area contributed by atoms with Gasteiger partial charge in [0.25, 0.3) is 0 Å². The molecule has 0 aliphatic rings. The van der Waals surface area contributed by atoms with E-state index >= 15 is 0 Å². The fourth-order valence-electron chi connectivity index (χ4n) is 1.11. The first kappa shape index (κ1) is 12.6. The molecular weight excluding hydrogens is 206 g/mol. The summed E-state index contributed by atoms with van der Waals surface area (Å²) >= 11 is 0. The Hall–Kier alpha value is -1.49. The number of rotatable bonds is 5. The Morgan fingerprint density at radius 1 is 1.56 bits per heavy atom. The van der Waals surface area contributed by atoms with Crippen LogP contribution in [0.5, 0.6) is 5.88 Å². The minimum absolute atomic E-state index is 0.397. The van der Waals surface area contributed by atoms with E-state index in [-0.39, 0.29) is 0 Å². The van der Waals surface area contributed by atoms with Gasteiger partial charge in [-0.2, -0.15) is 4.98 Å². The normalized spacial score (nSPS) is 14.2. The van der Waals surface area contributed by atoms with Gasteiger partial charge in [-0.3, -0.25) is 0 Å². The molecule has 0 radical (unpaired) electrons. The fourth-order valence-corrected chi connectivity index (χ4v) is 1.11. The van der Waals surface area contributed by atoms with E-state index in [2.05, 4.69) is 10.3 Å². The van der Waals surface area contributed by atoms with Crippen molar-refractivity contribution in [1.82, 2.24) is 4.98 Å². The van der Waals surface area contributed by atoms with Gasteiger partial charge in [0.15, 0.2) is 5.82 Å². The van der Waals surface area contributed by atoms with Crippen molar-refractivity contribution in [2.45, 2.75) is 25.9 Å². The Morgan fingerprint density at radius 2 is 2.25 bits per heavy atom.